The Morgan fingerprint density at radius 2 is 2.06 bits per heavy atom. The second kappa shape index (κ2) is 7.30. The first kappa shape index (κ1) is 14.0. The topological polar surface area (TPSA) is 29.5 Å². The number of carbonyl (C=O) groups excluding carboxylic acids is 1. The molecule has 1 aromatic rings. The summed E-state index contributed by atoms with van der Waals surface area (Å²) >= 11 is 5.40. The van der Waals surface area contributed by atoms with E-state index in [1.54, 1.807) is 18.2 Å². The molecule has 17 heavy (non-hydrogen) atoms. The van der Waals surface area contributed by atoms with Crippen LogP contribution in [0.15, 0.2) is 24.3 Å². The van der Waals surface area contributed by atoms with Gasteiger partial charge in [-0.25, -0.2) is 0 Å². The van der Waals surface area contributed by atoms with E-state index in [0.717, 1.165) is 19.6 Å². The Kier molecular flexibility index (Phi) is 6.01. The zero-order valence-electron chi connectivity index (χ0n) is 10.3. The summed E-state index contributed by atoms with van der Waals surface area (Å²) in [6.45, 7) is 7.76. The molecule has 0 bridgehead atoms. The second-order valence-corrected chi connectivity index (χ2v) is 4.02. The van der Waals surface area contributed by atoms with E-state index in [9.17, 15) is 4.79 Å². The van der Waals surface area contributed by atoms with Crippen molar-refractivity contribution in [1.82, 2.24) is 4.90 Å². The number of carbonyl (C=O) groups is 1. The summed E-state index contributed by atoms with van der Waals surface area (Å²) in [5.74, 6) is 0.684. The van der Waals surface area contributed by atoms with Gasteiger partial charge < -0.3 is 9.64 Å². The molecule has 0 aliphatic heterocycles. The fraction of sp³-hybridized carbons (Fsp3) is 0.462. The minimum atomic E-state index is -0.459. The van der Waals surface area contributed by atoms with Crippen LogP contribution >= 0.6 is 11.6 Å². The van der Waals surface area contributed by atoms with Gasteiger partial charge in [-0.05, 0) is 42.9 Å². The second-order valence-electron chi connectivity index (χ2n) is 3.68. The number of likely N-dealkylation sites (N-methyl/N-ethyl adjacent to an activating group) is 1. The lowest BCUT2D eigenvalue weighted by Gasteiger charge is -2.18. The molecule has 0 amide bonds. The Hall–Kier alpha value is -1.06. The van der Waals surface area contributed by atoms with Crippen LogP contribution in [-0.2, 0) is 0 Å². The van der Waals surface area contributed by atoms with Gasteiger partial charge in [-0.3, -0.25) is 4.79 Å². The van der Waals surface area contributed by atoms with Crippen molar-refractivity contribution >= 4 is 16.8 Å². The van der Waals surface area contributed by atoms with Gasteiger partial charge in [0.25, 0.3) is 5.24 Å². The molecule has 3 nitrogen and oxygen atoms in total. The van der Waals surface area contributed by atoms with Crippen LogP contribution in [0.1, 0.15) is 24.2 Å². The molecule has 4 heteroatoms. The average Bonchev–Trinajstić information content (AvgIpc) is 2.35. The summed E-state index contributed by atoms with van der Waals surface area (Å²) in [5.41, 5.74) is 0.465. The van der Waals surface area contributed by atoms with E-state index in [-0.39, 0.29) is 0 Å². The molecule has 0 saturated carbocycles. The van der Waals surface area contributed by atoms with E-state index in [1.807, 2.05) is 6.07 Å². The average molecular weight is 256 g/mol. The normalized spacial score (nSPS) is 10.6. The lowest BCUT2D eigenvalue weighted by Crippen LogP contribution is -2.27. The Bertz CT molecular complexity index is 364. The van der Waals surface area contributed by atoms with Crippen LogP contribution in [0.3, 0.4) is 0 Å². The van der Waals surface area contributed by atoms with E-state index in [4.69, 9.17) is 16.3 Å². The lowest BCUT2D eigenvalue weighted by atomic mass is 10.2. The van der Waals surface area contributed by atoms with E-state index in [2.05, 4.69) is 18.7 Å². The van der Waals surface area contributed by atoms with Gasteiger partial charge in [-0.2, -0.15) is 0 Å². The quantitative estimate of drug-likeness (QED) is 0.702. The van der Waals surface area contributed by atoms with Crippen molar-refractivity contribution in [1.29, 1.82) is 0 Å². The zero-order valence-corrected chi connectivity index (χ0v) is 11.0. The highest BCUT2D eigenvalue weighted by Gasteiger charge is 2.04. The SMILES string of the molecule is CCN(CC)CCOc1cccc(C(=O)Cl)c1. The maximum atomic E-state index is 11.0. The molecule has 0 atom stereocenters. The summed E-state index contributed by atoms with van der Waals surface area (Å²) in [5, 5.41) is -0.459. The monoisotopic (exact) mass is 255 g/mol. The zero-order chi connectivity index (χ0) is 12.7. The fourth-order valence-electron chi connectivity index (χ4n) is 1.54. The Balaban J connectivity index is 2.46. The molecule has 0 fully saturated rings. The van der Waals surface area contributed by atoms with E-state index in [1.165, 1.54) is 0 Å². The molecular formula is C13H18ClNO2. The number of hydrogen-bond donors (Lipinski definition) is 0. The molecule has 0 radical (unpaired) electrons. The molecule has 0 aliphatic rings. The van der Waals surface area contributed by atoms with Crippen LogP contribution in [0, 0.1) is 0 Å². The van der Waals surface area contributed by atoms with Crippen molar-refractivity contribution < 1.29 is 9.53 Å². The van der Waals surface area contributed by atoms with Crippen molar-refractivity contribution in [2.45, 2.75) is 13.8 Å². The maximum absolute atomic E-state index is 11.0. The first-order valence-corrected chi connectivity index (χ1v) is 6.20. The summed E-state index contributed by atoms with van der Waals surface area (Å²) in [6, 6.07) is 6.93. The predicted octanol–water partition coefficient (Wildman–Crippen LogP) is 2.79. The van der Waals surface area contributed by atoms with Crippen molar-refractivity contribution in [2.75, 3.05) is 26.2 Å². The summed E-state index contributed by atoms with van der Waals surface area (Å²) in [4.78, 5) is 13.2. The Morgan fingerprint density at radius 1 is 1.35 bits per heavy atom. The van der Waals surface area contributed by atoms with Crippen LogP contribution in [0.4, 0.5) is 0 Å². The molecule has 1 rings (SSSR count). The van der Waals surface area contributed by atoms with Crippen LogP contribution in [0.2, 0.25) is 0 Å². The van der Waals surface area contributed by atoms with Gasteiger partial charge >= 0.3 is 0 Å². The third-order valence-electron chi connectivity index (χ3n) is 2.63. The largest absolute Gasteiger partial charge is 0.492 e. The van der Waals surface area contributed by atoms with E-state index in [0.29, 0.717) is 17.9 Å². The molecule has 0 aromatic heterocycles. The summed E-state index contributed by atoms with van der Waals surface area (Å²) < 4.78 is 5.58. The highest BCUT2D eigenvalue weighted by molar-refractivity contribution is 6.67. The highest BCUT2D eigenvalue weighted by atomic mass is 35.5. The molecule has 0 heterocycles. The molecule has 0 spiro atoms. The predicted molar refractivity (Wildman–Crippen MR) is 69.9 cm³/mol. The number of nitrogens with zero attached hydrogens (tertiary/aromatic N) is 1. The molecule has 1 aromatic carbocycles. The maximum Gasteiger partial charge on any atom is 0.252 e. The smallest absolute Gasteiger partial charge is 0.252 e. The molecule has 94 valence electrons. The van der Waals surface area contributed by atoms with Gasteiger partial charge in [0.1, 0.15) is 12.4 Å². The Labute approximate surface area is 107 Å². The van der Waals surface area contributed by atoms with Crippen molar-refractivity contribution in [2.24, 2.45) is 0 Å². The van der Waals surface area contributed by atoms with Gasteiger partial charge in [0.2, 0.25) is 0 Å². The fourth-order valence-corrected chi connectivity index (χ4v) is 1.66. The lowest BCUT2D eigenvalue weighted by molar-refractivity contribution is 0.108. The first-order chi connectivity index (χ1) is 8.17. The third-order valence-corrected chi connectivity index (χ3v) is 2.85. The van der Waals surface area contributed by atoms with Gasteiger partial charge in [0.05, 0.1) is 0 Å². The molecular weight excluding hydrogens is 238 g/mol. The van der Waals surface area contributed by atoms with E-state index >= 15 is 0 Å². The summed E-state index contributed by atoms with van der Waals surface area (Å²) in [6.07, 6.45) is 0. The molecule has 0 aliphatic carbocycles. The number of benzene rings is 1. The van der Waals surface area contributed by atoms with Crippen LogP contribution in [-0.4, -0.2) is 36.4 Å². The van der Waals surface area contributed by atoms with Gasteiger partial charge in [0.15, 0.2) is 0 Å². The summed E-state index contributed by atoms with van der Waals surface area (Å²) in [7, 11) is 0. The van der Waals surface area contributed by atoms with Gasteiger partial charge in [0, 0.05) is 12.1 Å². The molecule has 0 saturated heterocycles. The van der Waals surface area contributed by atoms with Gasteiger partial charge in [-0.1, -0.05) is 19.9 Å². The minimum Gasteiger partial charge on any atom is -0.492 e. The van der Waals surface area contributed by atoms with Crippen molar-refractivity contribution in [3.05, 3.63) is 29.8 Å². The third kappa shape index (κ3) is 4.75. The van der Waals surface area contributed by atoms with Crippen LogP contribution in [0.25, 0.3) is 0 Å². The van der Waals surface area contributed by atoms with Crippen molar-refractivity contribution in [3.63, 3.8) is 0 Å². The number of rotatable bonds is 7. The highest BCUT2D eigenvalue weighted by Crippen LogP contribution is 2.14. The number of ether oxygens (including phenoxy) is 1. The van der Waals surface area contributed by atoms with Gasteiger partial charge in [-0.15, -0.1) is 0 Å². The molecule has 0 N–H and O–H groups in total. The Morgan fingerprint density at radius 3 is 2.65 bits per heavy atom. The molecule has 0 unspecified atom stereocenters. The standard InChI is InChI=1S/C13H18ClNO2/c1-3-15(4-2)8-9-17-12-7-5-6-11(10-12)13(14)16/h5-7,10H,3-4,8-9H2,1-2H3. The number of hydrogen-bond acceptors (Lipinski definition) is 3. The van der Waals surface area contributed by atoms with Crippen LogP contribution in [0.5, 0.6) is 5.75 Å². The number of halogens is 1. The first-order valence-electron chi connectivity index (χ1n) is 5.82. The van der Waals surface area contributed by atoms with E-state index < -0.39 is 5.24 Å². The van der Waals surface area contributed by atoms with Crippen molar-refractivity contribution in [3.8, 4) is 5.75 Å². The minimum absolute atomic E-state index is 0.459. The van der Waals surface area contributed by atoms with Crippen LogP contribution < -0.4 is 4.74 Å².